The minimum Gasteiger partial charge on any atom is -0.364 e. The van der Waals surface area contributed by atoms with Gasteiger partial charge in [0.2, 0.25) is 0 Å². The number of aliphatic hydroxyl groups is 1. The first-order valence-electron chi connectivity index (χ1n) is 7.90. The quantitative estimate of drug-likeness (QED) is 0.560. The summed E-state index contributed by atoms with van der Waals surface area (Å²) in [6.45, 7) is 0. The number of benzene rings is 1. The van der Waals surface area contributed by atoms with Crippen molar-refractivity contribution < 1.29 is 9.84 Å². The Morgan fingerprint density at radius 1 is 1.38 bits per heavy atom. The molecule has 0 radical (unpaired) electrons. The highest BCUT2D eigenvalue weighted by Gasteiger charge is 2.26. The van der Waals surface area contributed by atoms with Gasteiger partial charge in [0, 0.05) is 40.6 Å². The molecule has 4 rings (SSSR count). The van der Waals surface area contributed by atoms with Crippen molar-refractivity contribution in [2.24, 2.45) is 0 Å². The molecule has 0 aliphatic heterocycles. The smallest absolute Gasteiger partial charge is 0.184 e. The predicted octanol–water partition coefficient (Wildman–Crippen LogP) is 4.58. The number of anilines is 2. The third-order valence-electron chi connectivity index (χ3n) is 4.37. The molecule has 5 nitrogen and oxygen atoms in total. The number of aliphatic hydroxyl groups excluding tert-OH is 1. The van der Waals surface area contributed by atoms with E-state index in [4.69, 9.17) is 4.74 Å². The first-order chi connectivity index (χ1) is 11.7. The molecule has 0 amide bonds. The van der Waals surface area contributed by atoms with Gasteiger partial charge in [-0.25, -0.2) is 4.98 Å². The number of aromatic amines is 1. The number of methoxy groups -OCH3 is 1. The molecule has 1 unspecified atom stereocenters. The summed E-state index contributed by atoms with van der Waals surface area (Å²) in [6.07, 6.45) is 5.18. The van der Waals surface area contributed by atoms with Crippen molar-refractivity contribution in [1.82, 2.24) is 9.97 Å². The molecule has 6 heteroatoms. The maximum absolute atomic E-state index is 10.2. The van der Waals surface area contributed by atoms with Gasteiger partial charge in [-0.15, -0.1) is 0 Å². The zero-order valence-corrected chi connectivity index (χ0v) is 14.8. The number of hydrogen-bond acceptors (Lipinski definition) is 4. The van der Waals surface area contributed by atoms with Crippen LogP contribution in [0.1, 0.15) is 36.2 Å². The summed E-state index contributed by atoms with van der Waals surface area (Å²) >= 11 is 3.53. The van der Waals surface area contributed by atoms with E-state index < -0.39 is 6.29 Å². The largest absolute Gasteiger partial charge is 0.364 e. The van der Waals surface area contributed by atoms with Gasteiger partial charge >= 0.3 is 0 Å². The van der Waals surface area contributed by atoms with Crippen LogP contribution in [0.2, 0.25) is 0 Å². The van der Waals surface area contributed by atoms with Crippen LogP contribution in [0.5, 0.6) is 0 Å². The number of H-pyrrole nitrogens is 1. The van der Waals surface area contributed by atoms with E-state index in [2.05, 4.69) is 31.2 Å². The number of hydrogen-bond donors (Lipinski definition) is 3. The fraction of sp³-hybridized carbons (Fsp3) is 0.278. The molecule has 1 aromatic carbocycles. The van der Waals surface area contributed by atoms with Crippen LogP contribution >= 0.6 is 15.9 Å². The Bertz CT molecular complexity index is 889. The number of aromatic nitrogens is 2. The van der Waals surface area contributed by atoms with Gasteiger partial charge < -0.3 is 20.1 Å². The van der Waals surface area contributed by atoms with Gasteiger partial charge in [-0.05, 0) is 64.5 Å². The van der Waals surface area contributed by atoms with E-state index in [9.17, 15) is 5.11 Å². The van der Waals surface area contributed by atoms with E-state index >= 15 is 0 Å². The normalized spacial score (nSPS) is 15.6. The number of nitrogens with zero attached hydrogens (tertiary/aromatic N) is 1. The third kappa shape index (κ3) is 2.92. The Morgan fingerprint density at radius 2 is 2.21 bits per heavy atom. The number of rotatable bonds is 5. The molecular formula is C18H18BrN3O2. The van der Waals surface area contributed by atoms with E-state index in [1.807, 2.05) is 36.7 Å². The van der Waals surface area contributed by atoms with Crippen molar-refractivity contribution >= 4 is 38.3 Å². The van der Waals surface area contributed by atoms with Crippen molar-refractivity contribution in [2.45, 2.75) is 25.0 Å². The molecule has 3 N–H and O–H groups in total. The molecule has 1 saturated carbocycles. The maximum atomic E-state index is 10.2. The molecule has 1 aliphatic rings. The summed E-state index contributed by atoms with van der Waals surface area (Å²) < 4.78 is 6.12. The second-order valence-electron chi connectivity index (χ2n) is 6.09. The summed E-state index contributed by atoms with van der Waals surface area (Å²) in [4.78, 5) is 7.72. The number of fused-ring (bicyclic) bond motifs is 1. The van der Waals surface area contributed by atoms with Gasteiger partial charge in [-0.3, -0.25) is 0 Å². The standard InChI is InChI=1S/C18H18BrN3O2/c1-24-18(23)14-6-11(10-2-3-10)8-21-17(14)22-12-4-5-16-13(7-12)15(19)9-20-16/h4-10,18,20,23H,2-3H2,1H3,(H,21,22). The van der Waals surface area contributed by atoms with Crippen molar-refractivity contribution in [3.05, 3.63) is 52.3 Å². The summed E-state index contributed by atoms with van der Waals surface area (Å²) in [7, 11) is 1.49. The molecule has 0 spiro atoms. The molecule has 3 aromatic rings. The van der Waals surface area contributed by atoms with Crippen LogP contribution in [0.25, 0.3) is 10.9 Å². The molecule has 124 valence electrons. The lowest BCUT2D eigenvalue weighted by Gasteiger charge is -2.16. The first-order valence-corrected chi connectivity index (χ1v) is 8.69. The fourth-order valence-electron chi connectivity index (χ4n) is 2.86. The molecule has 2 aromatic heterocycles. The average Bonchev–Trinajstić information content (AvgIpc) is 3.39. The number of ether oxygens (including phenoxy) is 1. The Balaban J connectivity index is 1.70. The van der Waals surface area contributed by atoms with Crippen LogP contribution in [0, 0.1) is 0 Å². The molecule has 1 atom stereocenters. The molecule has 1 fully saturated rings. The minimum absolute atomic E-state index is 0.571. The van der Waals surface area contributed by atoms with E-state index in [0.29, 0.717) is 17.3 Å². The van der Waals surface area contributed by atoms with Crippen LogP contribution in [-0.4, -0.2) is 22.2 Å². The van der Waals surface area contributed by atoms with Crippen molar-refractivity contribution in [1.29, 1.82) is 0 Å². The SMILES string of the molecule is COC(O)c1cc(C2CC2)cnc1Nc1ccc2[nH]cc(Br)c2c1. The van der Waals surface area contributed by atoms with E-state index in [0.717, 1.165) is 26.6 Å². The van der Waals surface area contributed by atoms with Crippen LogP contribution in [0.15, 0.2) is 41.1 Å². The van der Waals surface area contributed by atoms with Gasteiger partial charge in [0.25, 0.3) is 0 Å². The van der Waals surface area contributed by atoms with E-state index in [-0.39, 0.29) is 0 Å². The van der Waals surface area contributed by atoms with Gasteiger partial charge in [0.15, 0.2) is 6.29 Å². The lowest BCUT2D eigenvalue weighted by Crippen LogP contribution is -2.07. The Labute approximate surface area is 148 Å². The number of pyridine rings is 1. The lowest BCUT2D eigenvalue weighted by atomic mass is 10.1. The lowest BCUT2D eigenvalue weighted by molar-refractivity contribution is -0.0766. The van der Waals surface area contributed by atoms with E-state index in [1.165, 1.54) is 20.0 Å². The van der Waals surface area contributed by atoms with Crippen LogP contribution in [-0.2, 0) is 4.74 Å². The number of nitrogens with one attached hydrogen (secondary N) is 2. The zero-order valence-electron chi connectivity index (χ0n) is 13.2. The molecule has 0 saturated heterocycles. The van der Waals surface area contributed by atoms with Crippen LogP contribution in [0.3, 0.4) is 0 Å². The predicted molar refractivity (Wildman–Crippen MR) is 97.5 cm³/mol. The maximum Gasteiger partial charge on any atom is 0.184 e. The van der Waals surface area contributed by atoms with Crippen molar-refractivity contribution in [3.63, 3.8) is 0 Å². The molecule has 1 aliphatic carbocycles. The second kappa shape index (κ2) is 6.20. The highest BCUT2D eigenvalue weighted by atomic mass is 79.9. The average molecular weight is 388 g/mol. The molecule has 24 heavy (non-hydrogen) atoms. The van der Waals surface area contributed by atoms with Gasteiger partial charge in [0.05, 0.1) is 5.56 Å². The monoisotopic (exact) mass is 387 g/mol. The van der Waals surface area contributed by atoms with E-state index in [1.54, 1.807) is 0 Å². The third-order valence-corrected chi connectivity index (χ3v) is 5.03. The van der Waals surface area contributed by atoms with Crippen molar-refractivity contribution in [3.8, 4) is 0 Å². The Morgan fingerprint density at radius 3 is 2.96 bits per heavy atom. The molecule has 0 bridgehead atoms. The van der Waals surface area contributed by atoms with Crippen LogP contribution in [0.4, 0.5) is 11.5 Å². The summed E-state index contributed by atoms with van der Waals surface area (Å²) in [5.41, 5.74) is 3.78. The van der Waals surface area contributed by atoms with Gasteiger partial charge in [-0.2, -0.15) is 0 Å². The van der Waals surface area contributed by atoms with Crippen LogP contribution < -0.4 is 5.32 Å². The van der Waals surface area contributed by atoms with Crippen molar-refractivity contribution in [2.75, 3.05) is 12.4 Å². The topological polar surface area (TPSA) is 70.2 Å². The summed E-state index contributed by atoms with van der Waals surface area (Å²) in [5, 5.41) is 14.6. The molecule has 2 heterocycles. The second-order valence-corrected chi connectivity index (χ2v) is 6.95. The minimum atomic E-state index is -0.999. The Kier molecular flexibility index (Phi) is 4.04. The first kappa shape index (κ1) is 15.6. The zero-order chi connectivity index (χ0) is 16.7. The van der Waals surface area contributed by atoms with Gasteiger partial charge in [0.1, 0.15) is 5.82 Å². The highest BCUT2D eigenvalue weighted by Crippen LogP contribution is 2.41. The summed E-state index contributed by atoms with van der Waals surface area (Å²) in [6, 6.07) is 8.01. The Hall–Kier alpha value is -1.89. The summed E-state index contributed by atoms with van der Waals surface area (Å²) in [5.74, 6) is 1.18. The highest BCUT2D eigenvalue weighted by molar-refractivity contribution is 9.10. The van der Waals surface area contributed by atoms with Gasteiger partial charge in [-0.1, -0.05) is 0 Å². The number of halogens is 1. The molecular weight excluding hydrogens is 370 g/mol. The fourth-order valence-corrected chi connectivity index (χ4v) is 3.30.